The standard InChI is InChI=1S/C18H27N3O4/c1-13-10-20(7-6-16(13)19)17(22)18(23)21(11-14-4-2-8-24-14)12-15-5-3-9-25-15/h2,4,8,13,15-16H,3,5-7,9-12,19H2,1H3. The van der Waals surface area contributed by atoms with Crippen molar-refractivity contribution in [1.29, 1.82) is 0 Å². The summed E-state index contributed by atoms with van der Waals surface area (Å²) in [5.41, 5.74) is 6.01. The van der Waals surface area contributed by atoms with Crippen LogP contribution in [0.15, 0.2) is 22.8 Å². The van der Waals surface area contributed by atoms with Gasteiger partial charge in [0.25, 0.3) is 0 Å². The molecule has 2 amide bonds. The van der Waals surface area contributed by atoms with Crippen LogP contribution < -0.4 is 5.73 Å². The van der Waals surface area contributed by atoms with Crippen molar-refractivity contribution in [3.05, 3.63) is 24.2 Å². The molecule has 3 rings (SSSR count). The van der Waals surface area contributed by atoms with E-state index in [1.807, 2.05) is 13.0 Å². The van der Waals surface area contributed by atoms with Crippen LogP contribution in [0.5, 0.6) is 0 Å². The summed E-state index contributed by atoms with van der Waals surface area (Å²) in [6, 6.07) is 3.67. The highest BCUT2D eigenvalue weighted by Gasteiger charge is 2.33. The second-order valence-corrected chi connectivity index (χ2v) is 7.08. The fourth-order valence-corrected chi connectivity index (χ4v) is 3.46. The van der Waals surface area contributed by atoms with Crippen LogP contribution in [0.2, 0.25) is 0 Å². The van der Waals surface area contributed by atoms with Crippen LogP contribution in [0.25, 0.3) is 0 Å². The van der Waals surface area contributed by atoms with Gasteiger partial charge in [0.2, 0.25) is 0 Å². The number of carbonyl (C=O) groups excluding carboxylic acids is 2. The molecule has 2 aliphatic rings. The van der Waals surface area contributed by atoms with Gasteiger partial charge in [0.1, 0.15) is 5.76 Å². The number of nitrogens with zero attached hydrogens (tertiary/aromatic N) is 2. The molecular weight excluding hydrogens is 322 g/mol. The molecule has 2 fully saturated rings. The number of hydrogen-bond acceptors (Lipinski definition) is 5. The number of nitrogens with two attached hydrogens (primary N) is 1. The Morgan fingerprint density at radius 2 is 2.24 bits per heavy atom. The monoisotopic (exact) mass is 349 g/mol. The molecule has 3 atom stereocenters. The lowest BCUT2D eigenvalue weighted by Crippen LogP contribution is -2.53. The fraction of sp³-hybridized carbons (Fsp3) is 0.667. The molecular formula is C18H27N3O4. The molecule has 0 spiro atoms. The predicted octanol–water partition coefficient (Wildman–Crippen LogP) is 0.983. The van der Waals surface area contributed by atoms with Gasteiger partial charge in [-0.15, -0.1) is 0 Å². The third kappa shape index (κ3) is 4.41. The molecule has 2 N–H and O–H groups in total. The maximum absolute atomic E-state index is 12.9. The highest BCUT2D eigenvalue weighted by molar-refractivity contribution is 6.34. The molecule has 25 heavy (non-hydrogen) atoms. The fourth-order valence-electron chi connectivity index (χ4n) is 3.46. The number of carbonyl (C=O) groups is 2. The van der Waals surface area contributed by atoms with E-state index < -0.39 is 11.8 Å². The molecule has 0 aromatic carbocycles. The van der Waals surface area contributed by atoms with E-state index in [0.29, 0.717) is 32.0 Å². The second kappa shape index (κ2) is 8.01. The van der Waals surface area contributed by atoms with Crippen LogP contribution in [0.4, 0.5) is 0 Å². The summed E-state index contributed by atoms with van der Waals surface area (Å²) in [6.45, 7) is 4.48. The maximum atomic E-state index is 12.9. The highest BCUT2D eigenvalue weighted by atomic mass is 16.5. The minimum Gasteiger partial charge on any atom is -0.467 e. The summed E-state index contributed by atoms with van der Waals surface area (Å²) in [4.78, 5) is 28.7. The summed E-state index contributed by atoms with van der Waals surface area (Å²) < 4.78 is 11.0. The Morgan fingerprint density at radius 1 is 1.40 bits per heavy atom. The van der Waals surface area contributed by atoms with Crippen LogP contribution in [0.1, 0.15) is 31.9 Å². The second-order valence-electron chi connectivity index (χ2n) is 7.08. The lowest BCUT2D eigenvalue weighted by molar-refractivity contribution is -0.154. The van der Waals surface area contributed by atoms with Gasteiger partial charge in [-0.3, -0.25) is 9.59 Å². The van der Waals surface area contributed by atoms with Gasteiger partial charge in [-0.2, -0.15) is 0 Å². The molecule has 1 aromatic rings. The van der Waals surface area contributed by atoms with Crippen molar-refractivity contribution in [3.63, 3.8) is 0 Å². The summed E-state index contributed by atoms with van der Waals surface area (Å²) in [7, 11) is 0. The minimum absolute atomic E-state index is 0.0135. The number of likely N-dealkylation sites (tertiary alicyclic amines) is 1. The number of amides is 2. The molecule has 7 nitrogen and oxygen atoms in total. The van der Waals surface area contributed by atoms with E-state index in [2.05, 4.69) is 0 Å². The Balaban J connectivity index is 1.67. The molecule has 138 valence electrons. The molecule has 3 heterocycles. The van der Waals surface area contributed by atoms with Crippen molar-refractivity contribution in [3.8, 4) is 0 Å². The first-order valence-corrected chi connectivity index (χ1v) is 9.02. The van der Waals surface area contributed by atoms with E-state index >= 15 is 0 Å². The SMILES string of the molecule is CC1CN(C(=O)C(=O)N(Cc2ccco2)CC2CCCO2)CCC1N. The van der Waals surface area contributed by atoms with Gasteiger partial charge in [-0.05, 0) is 37.3 Å². The van der Waals surface area contributed by atoms with Gasteiger partial charge in [0.15, 0.2) is 0 Å². The van der Waals surface area contributed by atoms with Gasteiger partial charge in [0.05, 0.1) is 18.9 Å². The van der Waals surface area contributed by atoms with E-state index in [-0.39, 0.29) is 24.6 Å². The molecule has 0 radical (unpaired) electrons. The maximum Gasteiger partial charge on any atom is 0.312 e. The molecule has 1 aromatic heterocycles. The first kappa shape index (κ1) is 17.9. The zero-order chi connectivity index (χ0) is 17.8. The Bertz CT molecular complexity index is 583. The smallest absolute Gasteiger partial charge is 0.312 e. The average molecular weight is 349 g/mol. The number of ether oxygens (including phenoxy) is 1. The van der Waals surface area contributed by atoms with Crippen molar-refractivity contribution in [2.45, 2.75) is 44.9 Å². The number of furan rings is 1. The van der Waals surface area contributed by atoms with Crippen LogP contribution in [0.3, 0.4) is 0 Å². The van der Waals surface area contributed by atoms with E-state index in [4.69, 9.17) is 14.9 Å². The van der Waals surface area contributed by atoms with E-state index in [1.54, 1.807) is 22.1 Å². The van der Waals surface area contributed by atoms with Crippen LogP contribution in [-0.4, -0.2) is 60.0 Å². The number of hydrogen-bond donors (Lipinski definition) is 1. The summed E-state index contributed by atoms with van der Waals surface area (Å²) >= 11 is 0. The molecule has 0 aliphatic carbocycles. The topological polar surface area (TPSA) is 89.0 Å². The Kier molecular flexibility index (Phi) is 5.75. The third-order valence-electron chi connectivity index (χ3n) is 5.10. The van der Waals surface area contributed by atoms with Gasteiger partial charge in [0, 0.05) is 32.3 Å². The molecule has 7 heteroatoms. The summed E-state index contributed by atoms with van der Waals surface area (Å²) in [5.74, 6) is -0.0896. The quantitative estimate of drug-likeness (QED) is 0.819. The Labute approximate surface area is 148 Å². The summed E-state index contributed by atoms with van der Waals surface area (Å²) in [6.07, 6.45) is 4.18. The zero-order valence-corrected chi connectivity index (χ0v) is 14.7. The van der Waals surface area contributed by atoms with Crippen molar-refractivity contribution < 1.29 is 18.7 Å². The predicted molar refractivity (Wildman–Crippen MR) is 91.4 cm³/mol. The highest BCUT2D eigenvalue weighted by Crippen LogP contribution is 2.18. The molecule has 3 unspecified atom stereocenters. The van der Waals surface area contributed by atoms with Gasteiger partial charge in [-0.25, -0.2) is 0 Å². The van der Waals surface area contributed by atoms with E-state index in [1.165, 1.54) is 0 Å². The van der Waals surface area contributed by atoms with Crippen LogP contribution >= 0.6 is 0 Å². The van der Waals surface area contributed by atoms with Crippen molar-refractivity contribution in [2.75, 3.05) is 26.2 Å². The van der Waals surface area contributed by atoms with Gasteiger partial charge >= 0.3 is 11.8 Å². The Hall–Kier alpha value is -1.86. The summed E-state index contributed by atoms with van der Waals surface area (Å²) in [5, 5.41) is 0. The molecule has 2 saturated heterocycles. The zero-order valence-electron chi connectivity index (χ0n) is 14.7. The normalized spacial score (nSPS) is 26.6. The average Bonchev–Trinajstić information content (AvgIpc) is 3.29. The van der Waals surface area contributed by atoms with Crippen molar-refractivity contribution in [1.82, 2.24) is 9.80 Å². The van der Waals surface area contributed by atoms with Crippen LogP contribution in [0, 0.1) is 5.92 Å². The first-order valence-electron chi connectivity index (χ1n) is 9.02. The van der Waals surface area contributed by atoms with Crippen molar-refractivity contribution >= 4 is 11.8 Å². The third-order valence-corrected chi connectivity index (χ3v) is 5.10. The lowest BCUT2D eigenvalue weighted by atomic mass is 9.95. The molecule has 2 aliphatic heterocycles. The molecule has 0 saturated carbocycles. The number of rotatable bonds is 4. The van der Waals surface area contributed by atoms with Crippen molar-refractivity contribution in [2.24, 2.45) is 11.7 Å². The van der Waals surface area contributed by atoms with E-state index in [9.17, 15) is 9.59 Å². The Morgan fingerprint density at radius 3 is 2.88 bits per heavy atom. The molecule has 0 bridgehead atoms. The first-order chi connectivity index (χ1) is 12.0. The largest absolute Gasteiger partial charge is 0.467 e. The van der Waals surface area contributed by atoms with E-state index in [0.717, 1.165) is 19.3 Å². The number of piperidine rings is 1. The van der Waals surface area contributed by atoms with Gasteiger partial charge < -0.3 is 24.7 Å². The lowest BCUT2D eigenvalue weighted by Gasteiger charge is -2.35. The minimum atomic E-state index is -0.491. The van der Waals surface area contributed by atoms with Crippen LogP contribution in [-0.2, 0) is 20.9 Å². The van der Waals surface area contributed by atoms with Gasteiger partial charge in [-0.1, -0.05) is 6.92 Å².